The monoisotopic (exact) mass is 519 g/mol. The molecular formula is C34H51N2O2+. The number of nitrogens with zero attached hydrogens (tertiary/aromatic N) is 1. The fourth-order valence-corrected chi connectivity index (χ4v) is 5.56. The zero-order valence-corrected chi connectivity index (χ0v) is 25.1. The van der Waals surface area contributed by atoms with Crippen molar-refractivity contribution in [2.75, 3.05) is 32.2 Å². The van der Waals surface area contributed by atoms with E-state index < -0.39 is 0 Å². The first-order chi connectivity index (χ1) is 18.0. The highest BCUT2D eigenvalue weighted by Gasteiger charge is 2.39. The van der Waals surface area contributed by atoms with Gasteiger partial charge in [-0.05, 0) is 50.0 Å². The van der Waals surface area contributed by atoms with Gasteiger partial charge in [-0.2, -0.15) is 0 Å². The second-order valence-corrected chi connectivity index (χ2v) is 11.9. The maximum absolute atomic E-state index is 5.55. The van der Waals surface area contributed by atoms with Gasteiger partial charge < -0.3 is 19.7 Å². The number of quaternary nitrogens is 1. The number of rotatable bonds is 13. The van der Waals surface area contributed by atoms with Crippen molar-refractivity contribution in [2.45, 2.75) is 84.8 Å². The lowest BCUT2D eigenvalue weighted by Crippen LogP contribution is -2.83. The third-order valence-electron chi connectivity index (χ3n) is 8.57. The van der Waals surface area contributed by atoms with Crippen molar-refractivity contribution in [2.24, 2.45) is 5.41 Å². The molecule has 3 rings (SSSR count). The number of benzene rings is 1. The van der Waals surface area contributed by atoms with Crippen LogP contribution in [0.5, 0.6) is 0 Å². The molecule has 0 saturated carbocycles. The molecule has 1 aliphatic heterocycles. The molecule has 2 N–H and O–H groups in total. The Morgan fingerprint density at radius 1 is 1.13 bits per heavy atom. The average Bonchev–Trinajstić information content (AvgIpc) is 3.12. The van der Waals surface area contributed by atoms with Gasteiger partial charge in [0.1, 0.15) is 5.70 Å². The van der Waals surface area contributed by atoms with E-state index in [-0.39, 0.29) is 23.0 Å². The molecule has 1 heterocycles. The van der Waals surface area contributed by atoms with Crippen LogP contribution in [0.3, 0.4) is 0 Å². The van der Waals surface area contributed by atoms with E-state index in [4.69, 9.17) is 9.47 Å². The molecule has 1 aromatic carbocycles. The van der Waals surface area contributed by atoms with E-state index in [9.17, 15) is 0 Å². The number of ether oxygens (including phenoxy) is 2. The van der Waals surface area contributed by atoms with E-state index in [1.54, 1.807) is 14.2 Å². The van der Waals surface area contributed by atoms with Crippen molar-refractivity contribution in [3.8, 4) is 0 Å². The Morgan fingerprint density at radius 2 is 1.82 bits per heavy atom. The Kier molecular flexibility index (Phi) is 10.4. The van der Waals surface area contributed by atoms with Crippen molar-refractivity contribution in [1.82, 2.24) is 0 Å². The highest BCUT2D eigenvalue weighted by molar-refractivity contribution is 5.70. The first-order valence-corrected chi connectivity index (χ1v) is 14.3. The number of allylic oxidation sites excluding steroid dienone is 9. The van der Waals surface area contributed by atoms with E-state index in [1.165, 1.54) is 28.2 Å². The number of para-hydroxylation sites is 1. The number of fused-ring (bicyclic) bond motifs is 1. The summed E-state index contributed by atoms with van der Waals surface area (Å²) in [5.74, 6) is 0. The lowest BCUT2D eigenvalue weighted by atomic mass is 9.74. The second kappa shape index (κ2) is 13.1. The average molecular weight is 520 g/mol. The van der Waals surface area contributed by atoms with Crippen LogP contribution in [0.4, 0.5) is 5.69 Å². The molecule has 38 heavy (non-hydrogen) atoms. The molecule has 2 unspecified atom stereocenters. The van der Waals surface area contributed by atoms with E-state index in [0.717, 1.165) is 44.3 Å². The highest BCUT2D eigenvalue weighted by Crippen LogP contribution is 2.47. The summed E-state index contributed by atoms with van der Waals surface area (Å²) >= 11 is 0. The normalized spacial score (nSPS) is 19.9. The maximum atomic E-state index is 5.55. The minimum atomic E-state index is -0.146. The van der Waals surface area contributed by atoms with Crippen LogP contribution in [-0.4, -0.2) is 39.5 Å². The quantitative estimate of drug-likeness (QED) is 0.291. The Hall–Kier alpha value is -2.40. The van der Waals surface area contributed by atoms with Gasteiger partial charge >= 0.3 is 0 Å². The van der Waals surface area contributed by atoms with Crippen molar-refractivity contribution < 1.29 is 14.8 Å². The van der Waals surface area contributed by atoms with Crippen LogP contribution in [0.2, 0.25) is 0 Å². The molecule has 0 radical (unpaired) electrons. The summed E-state index contributed by atoms with van der Waals surface area (Å²) in [6, 6.07) is 8.80. The number of hydrogen-bond acceptors (Lipinski definition) is 3. The Balaban J connectivity index is 1.83. The molecule has 2 aliphatic rings. The predicted octanol–water partition coefficient (Wildman–Crippen LogP) is 6.82. The molecule has 0 bridgehead atoms. The van der Waals surface area contributed by atoms with E-state index in [2.05, 4.69) is 113 Å². The van der Waals surface area contributed by atoms with Gasteiger partial charge in [0.2, 0.25) is 0 Å². The molecule has 0 saturated heterocycles. The molecule has 0 spiro atoms. The second-order valence-electron chi connectivity index (χ2n) is 11.9. The Morgan fingerprint density at radius 3 is 2.53 bits per heavy atom. The van der Waals surface area contributed by atoms with E-state index in [1.807, 2.05) is 0 Å². The third-order valence-corrected chi connectivity index (χ3v) is 8.57. The van der Waals surface area contributed by atoms with Crippen molar-refractivity contribution in [3.05, 3.63) is 89.3 Å². The maximum Gasteiger partial charge on any atom is 0.110 e. The summed E-state index contributed by atoms with van der Waals surface area (Å²) in [4.78, 5) is 2.48. The van der Waals surface area contributed by atoms with Gasteiger partial charge in [-0.25, -0.2) is 0 Å². The van der Waals surface area contributed by atoms with Crippen molar-refractivity contribution in [1.29, 1.82) is 0 Å². The summed E-state index contributed by atoms with van der Waals surface area (Å²) in [5, 5.41) is 2.42. The summed E-state index contributed by atoms with van der Waals surface area (Å²) in [7, 11) is 3.58. The predicted molar refractivity (Wildman–Crippen MR) is 161 cm³/mol. The van der Waals surface area contributed by atoms with Gasteiger partial charge in [0.15, 0.2) is 0 Å². The Bertz CT molecular complexity index is 1090. The lowest BCUT2D eigenvalue weighted by Gasteiger charge is -2.30. The fourth-order valence-electron chi connectivity index (χ4n) is 5.56. The molecule has 0 amide bonds. The van der Waals surface area contributed by atoms with Gasteiger partial charge in [-0.1, -0.05) is 76.8 Å². The van der Waals surface area contributed by atoms with Crippen LogP contribution >= 0.6 is 0 Å². The van der Waals surface area contributed by atoms with Crippen LogP contribution in [-0.2, 0) is 14.9 Å². The zero-order chi connectivity index (χ0) is 27.9. The topological polar surface area (TPSA) is 38.3 Å². The molecule has 1 aromatic rings. The molecule has 0 fully saturated rings. The van der Waals surface area contributed by atoms with E-state index >= 15 is 0 Å². The third kappa shape index (κ3) is 6.77. The van der Waals surface area contributed by atoms with Crippen LogP contribution in [0.15, 0.2) is 83.8 Å². The standard InChI is InChI=1S/C34H50N2O2/c1-25(33(4,5)28-16-10-12-18-30(28)35-23-21-26(2)37-8)15-14-20-32-34(6,7)29-17-11-13-19-31(29)36(32)24-22-27(3)38-9/h10-11,13-17,19-20,26-27,35H,1,12,18,21-24H2,2-9H3/p+1/b15-14+,32-20+. The summed E-state index contributed by atoms with van der Waals surface area (Å²) in [6.45, 7) is 20.0. The highest BCUT2D eigenvalue weighted by atomic mass is 16.5. The van der Waals surface area contributed by atoms with Crippen LogP contribution < -0.4 is 10.2 Å². The van der Waals surface area contributed by atoms with Gasteiger partial charge in [0.25, 0.3) is 0 Å². The van der Waals surface area contributed by atoms with Crippen molar-refractivity contribution >= 4 is 5.69 Å². The molecule has 1 aliphatic carbocycles. The summed E-state index contributed by atoms with van der Waals surface area (Å²) in [6.07, 6.45) is 16.1. The smallest absolute Gasteiger partial charge is 0.110 e. The minimum Gasteiger partial charge on any atom is -0.382 e. The molecule has 4 heteroatoms. The molecule has 0 aromatic heterocycles. The fraction of sp³-hybridized carbons (Fsp3) is 0.529. The zero-order valence-electron chi connectivity index (χ0n) is 25.1. The van der Waals surface area contributed by atoms with Gasteiger partial charge in [-0.15, -0.1) is 0 Å². The van der Waals surface area contributed by atoms with Crippen LogP contribution in [0.25, 0.3) is 0 Å². The first-order valence-electron chi connectivity index (χ1n) is 14.3. The first kappa shape index (κ1) is 30.1. The largest absolute Gasteiger partial charge is 0.382 e. The van der Waals surface area contributed by atoms with Gasteiger partial charge in [0.05, 0.1) is 18.8 Å². The number of hydrogen-bond donors (Lipinski definition) is 1. The SMILES string of the molecule is C=C(/C=C/C=C1/N(CCC(C)OC)c2ccccc2C1(C)C)C(C)(C)C1=C([NH2+]CCC(C)OC)CCC=C1. The van der Waals surface area contributed by atoms with Gasteiger partial charge in [0, 0.05) is 61.4 Å². The molecular weight excluding hydrogens is 468 g/mol. The Labute approximate surface area is 232 Å². The number of anilines is 1. The van der Waals surface area contributed by atoms with Gasteiger partial charge in [-0.3, -0.25) is 0 Å². The van der Waals surface area contributed by atoms with E-state index in [0.29, 0.717) is 0 Å². The molecule has 4 nitrogen and oxygen atoms in total. The van der Waals surface area contributed by atoms with Crippen LogP contribution in [0, 0.1) is 5.41 Å². The molecule has 2 atom stereocenters. The van der Waals surface area contributed by atoms with Crippen molar-refractivity contribution in [3.63, 3.8) is 0 Å². The summed E-state index contributed by atoms with van der Waals surface area (Å²) < 4.78 is 11.0. The number of nitrogens with two attached hydrogens (primary N) is 1. The number of methoxy groups -OCH3 is 2. The van der Waals surface area contributed by atoms with Crippen LogP contribution in [0.1, 0.15) is 72.8 Å². The lowest BCUT2D eigenvalue weighted by molar-refractivity contribution is -0.611. The molecule has 208 valence electrons. The summed E-state index contributed by atoms with van der Waals surface area (Å²) in [5.41, 5.74) is 7.77. The minimum absolute atomic E-state index is 0.0653.